The number of aromatic nitrogens is 3. The maximum atomic E-state index is 4.53. The van der Waals surface area contributed by atoms with E-state index in [2.05, 4.69) is 57.6 Å². The summed E-state index contributed by atoms with van der Waals surface area (Å²) in [7, 11) is 0. The van der Waals surface area contributed by atoms with E-state index in [0.717, 1.165) is 36.5 Å². The van der Waals surface area contributed by atoms with E-state index in [-0.39, 0.29) is 0 Å². The third kappa shape index (κ3) is 2.94. The van der Waals surface area contributed by atoms with Gasteiger partial charge in [0.2, 0.25) is 0 Å². The van der Waals surface area contributed by atoms with Crippen LogP contribution in [0.4, 0.5) is 11.5 Å². The molecule has 3 heterocycles. The molecule has 0 saturated carbocycles. The van der Waals surface area contributed by atoms with Crippen LogP contribution in [0, 0.1) is 13.8 Å². The maximum Gasteiger partial charge on any atom is 0.152 e. The fraction of sp³-hybridized carbons (Fsp3) is 0.368. The standard InChI is InChI=1S/C19H23N5/c1-14-5-7-17(8-6-14)23-10-3-4-16(13-23)21-19-18-12-15(2)22-24(18)11-9-20-19/h5-9,11-12,16H,3-4,10,13H2,1-2H3,(H,20,21). The van der Waals surface area contributed by atoms with E-state index in [4.69, 9.17) is 0 Å². The van der Waals surface area contributed by atoms with Gasteiger partial charge in [0.1, 0.15) is 5.52 Å². The van der Waals surface area contributed by atoms with E-state index in [1.54, 1.807) is 0 Å². The first kappa shape index (κ1) is 15.0. The van der Waals surface area contributed by atoms with Gasteiger partial charge in [-0.2, -0.15) is 5.10 Å². The number of hydrogen-bond acceptors (Lipinski definition) is 4. The second-order valence-corrected chi connectivity index (χ2v) is 6.66. The Labute approximate surface area is 142 Å². The Morgan fingerprint density at radius 2 is 2.00 bits per heavy atom. The minimum Gasteiger partial charge on any atom is -0.369 e. The van der Waals surface area contributed by atoms with E-state index < -0.39 is 0 Å². The van der Waals surface area contributed by atoms with Crippen molar-refractivity contribution in [3.05, 3.63) is 54.0 Å². The number of hydrogen-bond donors (Lipinski definition) is 1. The van der Waals surface area contributed by atoms with Crippen LogP contribution >= 0.6 is 0 Å². The molecule has 1 aliphatic rings. The van der Waals surface area contributed by atoms with Gasteiger partial charge in [0.15, 0.2) is 5.82 Å². The first-order valence-corrected chi connectivity index (χ1v) is 8.58. The van der Waals surface area contributed by atoms with Crippen LogP contribution in [0.3, 0.4) is 0 Å². The fourth-order valence-corrected chi connectivity index (χ4v) is 3.43. The van der Waals surface area contributed by atoms with Gasteiger partial charge in [-0.3, -0.25) is 0 Å². The van der Waals surface area contributed by atoms with Gasteiger partial charge in [-0.25, -0.2) is 9.50 Å². The van der Waals surface area contributed by atoms with Crippen molar-refractivity contribution in [2.75, 3.05) is 23.3 Å². The quantitative estimate of drug-likeness (QED) is 0.803. The van der Waals surface area contributed by atoms with Crippen molar-refractivity contribution in [1.82, 2.24) is 14.6 Å². The summed E-state index contributed by atoms with van der Waals surface area (Å²) >= 11 is 0. The summed E-state index contributed by atoms with van der Waals surface area (Å²) in [5.74, 6) is 0.925. The lowest BCUT2D eigenvalue weighted by Crippen LogP contribution is -2.42. The van der Waals surface area contributed by atoms with Gasteiger partial charge in [-0.1, -0.05) is 17.7 Å². The Balaban J connectivity index is 1.52. The summed E-state index contributed by atoms with van der Waals surface area (Å²) in [4.78, 5) is 6.99. The molecule has 5 nitrogen and oxygen atoms in total. The third-order valence-electron chi connectivity index (χ3n) is 4.67. The molecule has 1 aromatic carbocycles. The maximum absolute atomic E-state index is 4.53. The summed E-state index contributed by atoms with van der Waals surface area (Å²) in [6, 6.07) is 11.3. The largest absolute Gasteiger partial charge is 0.369 e. The van der Waals surface area contributed by atoms with Crippen molar-refractivity contribution in [3.8, 4) is 0 Å². The molecule has 2 aromatic heterocycles. The van der Waals surface area contributed by atoms with Crippen LogP contribution in [0.5, 0.6) is 0 Å². The summed E-state index contributed by atoms with van der Waals surface area (Å²) in [5.41, 5.74) is 4.66. The van der Waals surface area contributed by atoms with E-state index in [1.165, 1.54) is 17.7 Å². The van der Waals surface area contributed by atoms with Gasteiger partial charge in [0, 0.05) is 37.2 Å². The highest BCUT2D eigenvalue weighted by Gasteiger charge is 2.21. The molecule has 24 heavy (non-hydrogen) atoms. The second kappa shape index (κ2) is 6.15. The van der Waals surface area contributed by atoms with Gasteiger partial charge in [0.05, 0.1) is 5.69 Å². The highest BCUT2D eigenvalue weighted by atomic mass is 15.2. The minimum atomic E-state index is 0.397. The molecule has 1 saturated heterocycles. The van der Waals surface area contributed by atoms with Crippen LogP contribution < -0.4 is 10.2 Å². The molecule has 3 aromatic rings. The number of anilines is 2. The molecule has 1 aliphatic heterocycles. The van der Waals surface area contributed by atoms with E-state index in [0.29, 0.717) is 6.04 Å². The predicted molar refractivity (Wildman–Crippen MR) is 97.8 cm³/mol. The Bertz CT molecular complexity index is 837. The molecule has 0 aliphatic carbocycles. The van der Waals surface area contributed by atoms with Gasteiger partial charge >= 0.3 is 0 Å². The van der Waals surface area contributed by atoms with Gasteiger partial charge in [-0.15, -0.1) is 0 Å². The Morgan fingerprint density at radius 3 is 2.83 bits per heavy atom. The lowest BCUT2D eigenvalue weighted by atomic mass is 10.0. The zero-order valence-corrected chi connectivity index (χ0v) is 14.2. The molecule has 0 radical (unpaired) electrons. The van der Waals surface area contributed by atoms with Gasteiger partial charge in [0.25, 0.3) is 0 Å². The van der Waals surface area contributed by atoms with Crippen LogP contribution in [0.15, 0.2) is 42.7 Å². The lowest BCUT2D eigenvalue weighted by molar-refractivity contribution is 0.529. The third-order valence-corrected chi connectivity index (χ3v) is 4.67. The summed E-state index contributed by atoms with van der Waals surface area (Å²) < 4.78 is 1.89. The number of piperidine rings is 1. The van der Waals surface area contributed by atoms with Crippen molar-refractivity contribution in [2.45, 2.75) is 32.7 Å². The summed E-state index contributed by atoms with van der Waals surface area (Å²) in [6.45, 7) is 6.25. The highest BCUT2D eigenvalue weighted by molar-refractivity contribution is 5.68. The van der Waals surface area contributed by atoms with Crippen molar-refractivity contribution in [2.24, 2.45) is 0 Å². The average Bonchev–Trinajstić information content (AvgIpc) is 2.97. The summed E-state index contributed by atoms with van der Waals surface area (Å²) in [6.07, 6.45) is 6.06. The molecule has 0 bridgehead atoms. The lowest BCUT2D eigenvalue weighted by Gasteiger charge is -2.35. The summed E-state index contributed by atoms with van der Waals surface area (Å²) in [5, 5.41) is 8.10. The van der Waals surface area contributed by atoms with Crippen LogP contribution in [-0.4, -0.2) is 33.7 Å². The molecular formula is C19H23N5. The topological polar surface area (TPSA) is 45.5 Å². The SMILES string of the molecule is Cc1ccc(N2CCCC(Nc3nccn4nc(C)cc34)C2)cc1. The molecule has 124 valence electrons. The number of rotatable bonds is 3. The van der Waals surface area contributed by atoms with Gasteiger partial charge < -0.3 is 10.2 Å². The smallest absolute Gasteiger partial charge is 0.152 e. The molecule has 1 atom stereocenters. The fourth-order valence-electron chi connectivity index (χ4n) is 3.43. The van der Waals surface area contributed by atoms with E-state index in [9.17, 15) is 0 Å². The number of nitrogens with one attached hydrogen (secondary N) is 1. The highest BCUT2D eigenvalue weighted by Crippen LogP contribution is 2.23. The first-order valence-electron chi connectivity index (χ1n) is 8.58. The molecule has 1 unspecified atom stereocenters. The van der Waals surface area contributed by atoms with Crippen LogP contribution in [0.1, 0.15) is 24.1 Å². The van der Waals surface area contributed by atoms with Crippen molar-refractivity contribution in [1.29, 1.82) is 0 Å². The normalized spacial score (nSPS) is 18.1. The van der Waals surface area contributed by atoms with Crippen molar-refractivity contribution < 1.29 is 0 Å². The van der Waals surface area contributed by atoms with Crippen LogP contribution in [0.2, 0.25) is 0 Å². The molecule has 1 fully saturated rings. The molecule has 0 spiro atoms. The van der Waals surface area contributed by atoms with Crippen molar-refractivity contribution >= 4 is 17.0 Å². The zero-order valence-electron chi connectivity index (χ0n) is 14.2. The van der Waals surface area contributed by atoms with E-state index >= 15 is 0 Å². The molecule has 0 amide bonds. The van der Waals surface area contributed by atoms with E-state index in [1.807, 2.05) is 23.8 Å². The predicted octanol–water partition coefficient (Wildman–Crippen LogP) is 3.43. The second-order valence-electron chi connectivity index (χ2n) is 6.66. The number of aryl methyl sites for hydroxylation is 2. The van der Waals surface area contributed by atoms with Crippen LogP contribution in [-0.2, 0) is 0 Å². The minimum absolute atomic E-state index is 0.397. The Kier molecular flexibility index (Phi) is 3.84. The number of fused-ring (bicyclic) bond motifs is 1. The number of benzene rings is 1. The first-order chi connectivity index (χ1) is 11.7. The van der Waals surface area contributed by atoms with Crippen molar-refractivity contribution in [3.63, 3.8) is 0 Å². The van der Waals surface area contributed by atoms with Crippen LogP contribution in [0.25, 0.3) is 5.52 Å². The molecule has 1 N–H and O–H groups in total. The molecule has 5 heteroatoms. The Hall–Kier alpha value is -2.56. The molecule has 4 rings (SSSR count). The van der Waals surface area contributed by atoms with Gasteiger partial charge in [-0.05, 0) is 44.9 Å². The monoisotopic (exact) mass is 321 g/mol. The molecular weight excluding hydrogens is 298 g/mol. The Morgan fingerprint density at radius 1 is 1.17 bits per heavy atom. The number of nitrogens with zero attached hydrogens (tertiary/aromatic N) is 4. The zero-order chi connectivity index (χ0) is 16.5. The average molecular weight is 321 g/mol.